The summed E-state index contributed by atoms with van der Waals surface area (Å²) in [5.74, 6) is 0. The molecule has 1 unspecified atom stereocenters. The molecule has 1 heterocycles. The van der Waals surface area contributed by atoms with Gasteiger partial charge in [-0.2, -0.15) is 0 Å². The van der Waals surface area contributed by atoms with E-state index in [1.165, 1.54) is 5.57 Å². The molecular weight excluding hydrogens is 228 g/mol. The second kappa shape index (κ2) is 4.62. The molecular formula is C15H26O3. The van der Waals surface area contributed by atoms with Gasteiger partial charge in [0.2, 0.25) is 0 Å². The molecule has 0 saturated carbocycles. The van der Waals surface area contributed by atoms with E-state index in [2.05, 4.69) is 6.92 Å². The summed E-state index contributed by atoms with van der Waals surface area (Å²) in [5.41, 5.74) is 0.626. The van der Waals surface area contributed by atoms with E-state index in [9.17, 15) is 10.2 Å². The molecule has 1 aliphatic heterocycles. The number of aliphatic hydroxyl groups excluding tert-OH is 2. The van der Waals surface area contributed by atoms with Gasteiger partial charge < -0.3 is 14.9 Å². The van der Waals surface area contributed by atoms with E-state index in [1.54, 1.807) is 0 Å². The number of rotatable bonds is 0. The van der Waals surface area contributed by atoms with Crippen LogP contribution in [0.1, 0.15) is 53.4 Å². The van der Waals surface area contributed by atoms with Gasteiger partial charge in [0.25, 0.3) is 0 Å². The summed E-state index contributed by atoms with van der Waals surface area (Å²) >= 11 is 0. The Kier molecular flexibility index (Phi) is 3.60. The smallest absolute Gasteiger partial charge is 0.0921 e. The lowest BCUT2D eigenvalue weighted by Gasteiger charge is -2.34. The Morgan fingerprint density at radius 3 is 2.56 bits per heavy atom. The Hall–Kier alpha value is -0.380. The van der Waals surface area contributed by atoms with Crippen molar-refractivity contribution >= 4 is 0 Å². The number of epoxide rings is 1. The second-order valence-electron chi connectivity index (χ2n) is 6.79. The summed E-state index contributed by atoms with van der Waals surface area (Å²) in [6, 6.07) is 0. The average Bonchev–Trinajstić information content (AvgIpc) is 2.94. The average molecular weight is 254 g/mol. The van der Waals surface area contributed by atoms with Gasteiger partial charge in [0.15, 0.2) is 0 Å². The van der Waals surface area contributed by atoms with E-state index in [0.717, 1.165) is 19.3 Å². The van der Waals surface area contributed by atoms with E-state index < -0.39 is 17.6 Å². The van der Waals surface area contributed by atoms with Crippen molar-refractivity contribution in [3.63, 3.8) is 0 Å². The Morgan fingerprint density at radius 1 is 1.22 bits per heavy atom. The molecule has 0 bridgehead atoms. The standard InChI is InChI=1S/C15H26O3/c1-10-5-6-13-15(4,18-13)8-7-11(16)14(2,3)12(17)9-10/h9,11-13,16-17H,5-8H2,1-4H3/b10-9-/t11-,12?,13-,15-/m0/s1. The van der Waals surface area contributed by atoms with E-state index in [1.807, 2.05) is 26.8 Å². The molecule has 3 nitrogen and oxygen atoms in total. The van der Waals surface area contributed by atoms with Crippen molar-refractivity contribution in [2.45, 2.75) is 77.3 Å². The van der Waals surface area contributed by atoms with Gasteiger partial charge in [0, 0.05) is 5.41 Å². The van der Waals surface area contributed by atoms with Crippen LogP contribution in [0.2, 0.25) is 0 Å². The van der Waals surface area contributed by atoms with E-state index in [4.69, 9.17) is 4.74 Å². The lowest BCUT2D eigenvalue weighted by atomic mass is 9.77. The zero-order chi connectivity index (χ0) is 13.6. The molecule has 1 aliphatic carbocycles. The topological polar surface area (TPSA) is 53.0 Å². The predicted octanol–water partition coefficient (Wildman–Crippen LogP) is 2.41. The minimum absolute atomic E-state index is 0.0490. The van der Waals surface area contributed by atoms with Crippen LogP contribution in [0.4, 0.5) is 0 Å². The Morgan fingerprint density at radius 2 is 1.89 bits per heavy atom. The van der Waals surface area contributed by atoms with Gasteiger partial charge in [-0.05, 0) is 39.5 Å². The normalized spacial score (nSPS) is 47.4. The lowest BCUT2D eigenvalue weighted by molar-refractivity contribution is -0.0328. The van der Waals surface area contributed by atoms with Crippen LogP contribution >= 0.6 is 0 Å². The third-order valence-electron chi connectivity index (χ3n) is 4.81. The van der Waals surface area contributed by atoms with Gasteiger partial charge in [-0.3, -0.25) is 0 Å². The number of hydrogen-bond donors (Lipinski definition) is 2. The predicted molar refractivity (Wildman–Crippen MR) is 71.3 cm³/mol. The van der Waals surface area contributed by atoms with Crippen LogP contribution in [0.15, 0.2) is 11.6 Å². The van der Waals surface area contributed by atoms with Gasteiger partial charge in [0.1, 0.15) is 0 Å². The fourth-order valence-corrected chi connectivity index (χ4v) is 2.79. The summed E-state index contributed by atoms with van der Waals surface area (Å²) in [6.45, 7) is 8.03. The second-order valence-corrected chi connectivity index (χ2v) is 6.79. The number of aliphatic hydroxyl groups is 2. The Labute approximate surface area is 110 Å². The first-order chi connectivity index (χ1) is 8.25. The van der Waals surface area contributed by atoms with E-state index in [-0.39, 0.29) is 5.60 Å². The van der Waals surface area contributed by atoms with Crippen molar-refractivity contribution in [3.05, 3.63) is 11.6 Å². The molecule has 2 aliphatic rings. The minimum atomic E-state index is -0.587. The maximum absolute atomic E-state index is 10.3. The van der Waals surface area contributed by atoms with Crippen LogP contribution in [-0.4, -0.2) is 34.1 Å². The SMILES string of the molecule is C/C1=C/C(O)C(C)(C)[C@@H](O)CC[C@]2(C)O[C@H]2CC1. The molecule has 0 spiro atoms. The van der Waals surface area contributed by atoms with Gasteiger partial charge in [-0.25, -0.2) is 0 Å². The molecule has 2 N–H and O–H groups in total. The molecule has 4 atom stereocenters. The van der Waals surface area contributed by atoms with Crippen molar-refractivity contribution in [1.29, 1.82) is 0 Å². The molecule has 104 valence electrons. The quantitative estimate of drug-likeness (QED) is 0.515. The summed E-state index contributed by atoms with van der Waals surface area (Å²) < 4.78 is 5.77. The highest BCUT2D eigenvalue weighted by molar-refractivity contribution is 5.10. The van der Waals surface area contributed by atoms with Crippen LogP contribution in [0, 0.1) is 5.41 Å². The van der Waals surface area contributed by atoms with Crippen LogP contribution in [-0.2, 0) is 4.74 Å². The van der Waals surface area contributed by atoms with E-state index >= 15 is 0 Å². The Balaban J connectivity index is 2.17. The van der Waals surface area contributed by atoms with Crippen LogP contribution in [0.3, 0.4) is 0 Å². The van der Waals surface area contributed by atoms with E-state index in [0.29, 0.717) is 12.5 Å². The number of ether oxygens (including phenoxy) is 1. The lowest BCUT2D eigenvalue weighted by Crippen LogP contribution is -2.40. The van der Waals surface area contributed by atoms with Crippen molar-refractivity contribution < 1.29 is 14.9 Å². The molecule has 3 heteroatoms. The van der Waals surface area contributed by atoms with Crippen molar-refractivity contribution in [2.75, 3.05) is 0 Å². The number of allylic oxidation sites excluding steroid dienone is 1. The molecule has 0 aromatic heterocycles. The maximum Gasteiger partial charge on any atom is 0.0921 e. The van der Waals surface area contributed by atoms with Crippen LogP contribution in [0.5, 0.6) is 0 Å². The fourth-order valence-electron chi connectivity index (χ4n) is 2.79. The molecule has 2 rings (SSSR count). The van der Waals surface area contributed by atoms with Crippen molar-refractivity contribution in [3.8, 4) is 0 Å². The summed E-state index contributed by atoms with van der Waals surface area (Å²) in [4.78, 5) is 0. The first-order valence-corrected chi connectivity index (χ1v) is 6.97. The highest BCUT2D eigenvalue weighted by Gasteiger charge is 2.52. The molecule has 0 aromatic rings. The highest BCUT2D eigenvalue weighted by atomic mass is 16.6. The highest BCUT2D eigenvalue weighted by Crippen LogP contribution is 2.45. The van der Waals surface area contributed by atoms with Crippen LogP contribution in [0.25, 0.3) is 0 Å². The molecule has 0 radical (unpaired) electrons. The fraction of sp³-hybridized carbons (Fsp3) is 0.867. The largest absolute Gasteiger partial charge is 0.392 e. The first-order valence-electron chi connectivity index (χ1n) is 6.97. The monoisotopic (exact) mass is 254 g/mol. The van der Waals surface area contributed by atoms with Crippen LogP contribution < -0.4 is 0 Å². The third kappa shape index (κ3) is 2.63. The number of hydrogen-bond acceptors (Lipinski definition) is 3. The van der Waals surface area contributed by atoms with Crippen molar-refractivity contribution in [2.24, 2.45) is 5.41 Å². The molecule has 0 aromatic carbocycles. The third-order valence-corrected chi connectivity index (χ3v) is 4.81. The number of fused-ring (bicyclic) bond motifs is 1. The van der Waals surface area contributed by atoms with Crippen molar-refractivity contribution in [1.82, 2.24) is 0 Å². The summed E-state index contributed by atoms with van der Waals surface area (Å²) in [7, 11) is 0. The van der Waals surface area contributed by atoms with Gasteiger partial charge in [0.05, 0.1) is 23.9 Å². The summed E-state index contributed by atoms with van der Waals surface area (Å²) in [6.07, 6.45) is 4.66. The molecule has 0 amide bonds. The zero-order valence-electron chi connectivity index (χ0n) is 11.9. The molecule has 1 saturated heterocycles. The molecule has 1 fully saturated rings. The Bertz CT molecular complexity index is 348. The van der Waals surface area contributed by atoms with Gasteiger partial charge in [-0.1, -0.05) is 25.5 Å². The van der Waals surface area contributed by atoms with Gasteiger partial charge >= 0.3 is 0 Å². The minimum Gasteiger partial charge on any atom is -0.392 e. The first kappa shape index (κ1) is 14.0. The maximum atomic E-state index is 10.3. The summed E-state index contributed by atoms with van der Waals surface area (Å²) in [5, 5.41) is 20.6. The van der Waals surface area contributed by atoms with Gasteiger partial charge in [-0.15, -0.1) is 0 Å². The zero-order valence-corrected chi connectivity index (χ0v) is 11.9. The molecule has 18 heavy (non-hydrogen) atoms.